The third kappa shape index (κ3) is 11.4. The van der Waals surface area contributed by atoms with Gasteiger partial charge < -0.3 is 29.6 Å². The Balaban J connectivity index is 0.000000236. The fourth-order valence-corrected chi connectivity index (χ4v) is 8.93. The number of rotatable bonds is 12. The molecule has 0 saturated carbocycles. The molecule has 0 spiro atoms. The second kappa shape index (κ2) is 19.7. The van der Waals surface area contributed by atoms with Gasteiger partial charge in [0.2, 0.25) is 0 Å². The number of H-pyrrole nitrogens is 1. The summed E-state index contributed by atoms with van der Waals surface area (Å²) < 4.78 is 33.1. The first-order valence-electron chi connectivity index (χ1n) is 20.8. The van der Waals surface area contributed by atoms with Gasteiger partial charge in [0.1, 0.15) is 17.1 Å². The summed E-state index contributed by atoms with van der Waals surface area (Å²) >= 11 is 3.75. The van der Waals surface area contributed by atoms with Crippen LogP contribution in [0.15, 0.2) is 95.7 Å². The molecule has 0 bridgehead atoms. The summed E-state index contributed by atoms with van der Waals surface area (Å²) in [6.07, 6.45) is 10.3. The number of hydrogen-bond donors (Lipinski definition) is 2. The predicted octanol–water partition coefficient (Wildman–Crippen LogP) is 9.09. The molecule has 1 atom stereocenters. The number of piperazine rings is 1. The van der Waals surface area contributed by atoms with Gasteiger partial charge in [-0.2, -0.15) is 0 Å². The average Bonchev–Trinajstić information content (AvgIpc) is 3.73. The molecule has 4 heterocycles. The summed E-state index contributed by atoms with van der Waals surface area (Å²) in [6.45, 7) is 10.9. The van der Waals surface area contributed by atoms with E-state index in [4.69, 9.17) is 26.8 Å². The van der Waals surface area contributed by atoms with Crippen LogP contribution in [0.2, 0.25) is 5.02 Å². The number of nitro benzene ring substituents is 1. The lowest BCUT2D eigenvalue weighted by molar-refractivity contribution is -0.385. The van der Waals surface area contributed by atoms with Crippen LogP contribution in [-0.2, 0) is 22.2 Å². The number of nitrogens with one attached hydrogen (secondary N) is 1. The molecular formula is C46H52ClN6O7S-. The van der Waals surface area contributed by atoms with Gasteiger partial charge in [0.25, 0.3) is 11.6 Å². The monoisotopic (exact) mass is 867 g/mol. The van der Waals surface area contributed by atoms with Gasteiger partial charge in [-0.15, -0.1) is 0 Å². The maximum Gasteiger partial charge on any atom is 0.273 e. The lowest BCUT2D eigenvalue weighted by Crippen LogP contribution is -2.47. The number of halogens is 1. The van der Waals surface area contributed by atoms with Gasteiger partial charge in [0.15, 0.2) is 0 Å². The van der Waals surface area contributed by atoms with E-state index in [1.54, 1.807) is 23.9 Å². The van der Waals surface area contributed by atoms with Gasteiger partial charge in [0, 0.05) is 90.8 Å². The summed E-state index contributed by atoms with van der Waals surface area (Å²) in [5, 5.41) is 12.7. The van der Waals surface area contributed by atoms with Crippen molar-refractivity contribution in [2.45, 2.75) is 63.7 Å². The van der Waals surface area contributed by atoms with E-state index in [0.29, 0.717) is 40.4 Å². The minimum absolute atomic E-state index is 0.0495. The molecule has 3 N–H and O–H groups in total. The molecule has 322 valence electrons. The molecule has 8 rings (SSSR count). The van der Waals surface area contributed by atoms with E-state index in [-0.39, 0.29) is 10.6 Å². The molecule has 1 aliphatic carbocycles. The Morgan fingerprint density at radius 1 is 1.05 bits per heavy atom. The number of nitrogens with zero attached hydrogens (tertiary/aromatic N) is 4. The fraction of sp³-hybridized carbons (Fsp3) is 0.391. The van der Waals surface area contributed by atoms with Gasteiger partial charge in [-0.1, -0.05) is 49.2 Å². The summed E-state index contributed by atoms with van der Waals surface area (Å²) in [6, 6.07) is 21.9. The van der Waals surface area contributed by atoms with Crippen LogP contribution in [0.5, 0.6) is 11.5 Å². The van der Waals surface area contributed by atoms with Crippen molar-refractivity contribution in [3.63, 3.8) is 0 Å². The highest BCUT2D eigenvalue weighted by Gasteiger charge is 2.30. The van der Waals surface area contributed by atoms with Crippen LogP contribution in [0.25, 0.3) is 16.6 Å². The summed E-state index contributed by atoms with van der Waals surface area (Å²) in [7, 11) is 0. The lowest BCUT2D eigenvalue weighted by Gasteiger charge is -2.39. The van der Waals surface area contributed by atoms with Crippen molar-refractivity contribution < 1.29 is 28.0 Å². The molecule has 2 aromatic heterocycles. The number of anilines is 1. The maximum absolute atomic E-state index is 12.2. The second-order valence-corrected chi connectivity index (χ2v) is 18.2. The van der Waals surface area contributed by atoms with Gasteiger partial charge in [-0.3, -0.25) is 24.0 Å². The minimum atomic E-state index is -2.44. The Kier molecular flexibility index (Phi) is 14.2. The molecule has 3 aliphatic rings. The number of nitro groups is 1. The molecule has 5 aromatic rings. The van der Waals surface area contributed by atoms with E-state index in [0.717, 1.165) is 106 Å². The molecule has 2 saturated heterocycles. The highest BCUT2D eigenvalue weighted by atomic mass is 35.5. The molecule has 1 amide bonds. The van der Waals surface area contributed by atoms with E-state index in [1.807, 2.05) is 42.6 Å². The van der Waals surface area contributed by atoms with Crippen LogP contribution in [-0.4, -0.2) is 80.4 Å². The molecule has 3 aromatic carbocycles. The third-order valence-corrected chi connectivity index (χ3v) is 12.9. The molecule has 0 radical (unpaired) electrons. The van der Waals surface area contributed by atoms with E-state index in [2.05, 4.69) is 45.7 Å². The summed E-state index contributed by atoms with van der Waals surface area (Å²) in [5.41, 5.74) is 12.9. The number of nitrogens with two attached hydrogens (primary N) is 1. The fourth-order valence-electron chi connectivity index (χ4n) is 8.42. The van der Waals surface area contributed by atoms with Crippen molar-refractivity contribution in [1.29, 1.82) is 0 Å². The van der Waals surface area contributed by atoms with Crippen LogP contribution in [0.4, 0.5) is 11.4 Å². The first kappa shape index (κ1) is 44.0. The normalized spacial score (nSPS) is 17.7. The highest BCUT2D eigenvalue weighted by Crippen LogP contribution is 2.43. The highest BCUT2D eigenvalue weighted by molar-refractivity contribution is 7.79. The number of amides is 1. The van der Waals surface area contributed by atoms with Crippen molar-refractivity contribution in [1.82, 2.24) is 14.9 Å². The number of primary amides is 1. The average molecular weight is 868 g/mol. The van der Waals surface area contributed by atoms with Crippen molar-refractivity contribution in [2.24, 2.45) is 17.1 Å². The summed E-state index contributed by atoms with van der Waals surface area (Å²) in [4.78, 5) is 35.0. The number of aromatic amines is 1. The van der Waals surface area contributed by atoms with Crippen molar-refractivity contribution in [3.8, 4) is 11.5 Å². The van der Waals surface area contributed by atoms with Gasteiger partial charge in [-0.05, 0) is 121 Å². The van der Waals surface area contributed by atoms with Crippen molar-refractivity contribution in [2.75, 3.05) is 50.8 Å². The Bertz CT molecular complexity index is 2410. The third-order valence-electron chi connectivity index (χ3n) is 12.0. The van der Waals surface area contributed by atoms with Crippen molar-refractivity contribution >= 4 is 56.6 Å². The van der Waals surface area contributed by atoms with Gasteiger partial charge >= 0.3 is 0 Å². The van der Waals surface area contributed by atoms with Gasteiger partial charge in [-0.25, -0.2) is 4.98 Å². The number of carbonyl (C=O) groups excluding carboxylic acids is 1. The second-order valence-electron chi connectivity index (χ2n) is 16.8. The van der Waals surface area contributed by atoms with Crippen LogP contribution < -0.4 is 15.4 Å². The number of aromatic nitrogens is 2. The Hall–Kier alpha value is -5.12. The molecule has 1 unspecified atom stereocenters. The Morgan fingerprint density at radius 3 is 2.51 bits per heavy atom. The minimum Gasteiger partial charge on any atom is -0.768 e. The molecule has 13 nitrogen and oxygen atoms in total. The Labute approximate surface area is 363 Å². The number of fused-ring (bicyclic) bond motifs is 1. The first-order valence-corrected chi connectivity index (χ1v) is 22.2. The van der Waals surface area contributed by atoms with E-state index in [1.165, 1.54) is 23.6 Å². The van der Waals surface area contributed by atoms with E-state index in [9.17, 15) is 23.7 Å². The molecule has 2 fully saturated rings. The quantitative estimate of drug-likeness (QED) is 0.0698. The number of benzene rings is 3. The number of pyridine rings is 1. The standard InChI is InChI=1S/C33H36ClN5O2.C13H17NO5S/c1-33(2)11-9-24(29(19-33)22-3-5-25(34)6-4-22)21-38-13-15-39(16-14-38)26-7-8-28(31(35)40)30(18-26)41-27-17-23-10-12-36-32(23)37-20-27;15-14(16)13-9-12(20(17)18)4-3-11(13)2-1-10-5-7-19-8-6-10/h3-8,10,12,17-18,20H,9,11,13-16,19,21H2,1-2H3,(H2,35,40)(H,36,37);3-4,9-10H,1-2,5-8H2,(H,17,18)/p-1. The number of aryl methyl sites for hydroxylation is 1. The van der Waals surface area contributed by atoms with Crippen LogP contribution >= 0.6 is 11.6 Å². The lowest BCUT2D eigenvalue weighted by atomic mass is 9.72. The number of ether oxygens (including phenoxy) is 2. The smallest absolute Gasteiger partial charge is 0.273 e. The number of allylic oxidation sites excluding steroid dienone is 1. The van der Waals surface area contributed by atoms with Crippen LogP contribution in [0.3, 0.4) is 0 Å². The maximum atomic E-state index is 12.2. The van der Waals surface area contributed by atoms with Crippen molar-refractivity contribution in [3.05, 3.63) is 123 Å². The zero-order valence-electron chi connectivity index (χ0n) is 34.6. The molecule has 15 heteroatoms. The number of carbonyl (C=O) groups is 1. The molecule has 61 heavy (non-hydrogen) atoms. The Morgan fingerprint density at radius 2 is 1.80 bits per heavy atom. The van der Waals surface area contributed by atoms with Gasteiger partial charge in [0.05, 0.1) is 16.7 Å². The molecule has 2 aliphatic heterocycles. The van der Waals surface area contributed by atoms with Crippen LogP contribution in [0, 0.1) is 21.4 Å². The largest absolute Gasteiger partial charge is 0.768 e. The SMILES string of the molecule is CC1(C)CCC(CN2CCN(c3ccc(C(N)=O)c(Oc4cnc5[nH]ccc5c4)c3)CC2)=C(c2ccc(Cl)cc2)C1.O=[N+]([O-])c1cc(S(=O)[O-])ccc1CCC1CCOCC1. The zero-order valence-corrected chi connectivity index (χ0v) is 36.1. The summed E-state index contributed by atoms with van der Waals surface area (Å²) in [5.74, 6) is 1.00. The zero-order chi connectivity index (χ0) is 43.1. The predicted molar refractivity (Wildman–Crippen MR) is 238 cm³/mol. The topological polar surface area (TPSA) is 180 Å². The van der Waals surface area contributed by atoms with E-state index < -0.39 is 21.9 Å². The number of hydrogen-bond acceptors (Lipinski definition) is 10. The van der Waals surface area contributed by atoms with Crippen LogP contribution in [0.1, 0.15) is 73.9 Å². The first-order chi connectivity index (χ1) is 29.3. The van der Waals surface area contributed by atoms with E-state index >= 15 is 0 Å². The molecular weight excluding hydrogens is 816 g/mol.